The topological polar surface area (TPSA) is 87.5 Å². The number of likely N-dealkylation sites (N-methyl/N-ethyl adjacent to an activating group) is 1. The molecule has 7 nitrogen and oxygen atoms in total. The van der Waals surface area contributed by atoms with E-state index in [0.29, 0.717) is 13.1 Å². The lowest BCUT2D eigenvalue weighted by Crippen LogP contribution is -2.55. The van der Waals surface area contributed by atoms with Crippen LogP contribution in [0.1, 0.15) is 32.0 Å². The van der Waals surface area contributed by atoms with E-state index < -0.39 is 17.5 Å². The Kier molecular flexibility index (Phi) is 4.75. The Bertz CT molecular complexity index is 508. The highest BCUT2D eigenvalue weighted by Gasteiger charge is 2.36. The first kappa shape index (κ1) is 16.0. The molecule has 0 aromatic carbocycles. The van der Waals surface area contributed by atoms with Crippen LogP contribution in [-0.4, -0.2) is 43.9 Å². The Balaban J connectivity index is 2.74. The summed E-state index contributed by atoms with van der Waals surface area (Å²) >= 11 is 0. The molecule has 0 aliphatic rings. The molecular weight excluding hydrogens is 260 g/mol. The van der Waals surface area contributed by atoms with Gasteiger partial charge in [0.1, 0.15) is 5.54 Å². The molecule has 0 saturated heterocycles. The van der Waals surface area contributed by atoms with E-state index in [1.165, 1.54) is 18.7 Å². The Labute approximate surface area is 118 Å². The molecule has 2 amide bonds. The van der Waals surface area contributed by atoms with Crippen molar-refractivity contribution in [3.63, 3.8) is 0 Å². The molecule has 1 aromatic rings. The molecule has 0 bridgehead atoms. The van der Waals surface area contributed by atoms with E-state index in [1.54, 1.807) is 11.6 Å². The van der Waals surface area contributed by atoms with Crippen LogP contribution >= 0.6 is 0 Å². The molecule has 0 saturated carbocycles. The first-order valence-corrected chi connectivity index (χ1v) is 6.48. The van der Waals surface area contributed by atoms with Crippen molar-refractivity contribution in [1.29, 1.82) is 0 Å². The van der Waals surface area contributed by atoms with Gasteiger partial charge in [-0.1, -0.05) is 0 Å². The van der Waals surface area contributed by atoms with E-state index >= 15 is 0 Å². The maximum absolute atomic E-state index is 12.1. The number of carboxylic acid groups (broad SMARTS) is 1. The van der Waals surface area contributed by atoms with Gasteiger partial charge in [0.25, 0.3) is 0 Å². The van der Waals surface area contributed by atoms with Crippen LogP contribution < -0.4 is 5.32 Å². The third-order valence-electron chi connectivity index (χ3n) is 3.30. The number of carbonyl (C=O) groups is 2. The molecule has 0 unspecified atom stereocenters. The second-order valence-corrected chi connectivity index (χ2v) is 5.18. The standard InChI is InChI=1S/C13H22N4O3/c1-6-17(13(3,4)11(18)19)12(20)14-7-10-8-16(5)15-9(10)2/h8H,6-7H2,1-5H3,(H,14,20)(H,18,19). The smallest absolute Gasteiger partial charge is 0.329 e. The lowest BCUT2D eigenvalue weighted by Gasteiger charge is -2.34. The van der Waals surface area contributed by atoms with Crippen molar-refractivity contribution in [3.8, 4) is 0 Å². The molecule has 7 heteroatoms. The fraction of sp³-hybridized carbons (Fsp3) is 0.615. The van der Waals surface area contributed by atoms with E-state index in [0.717, 1.165) is 11.3 Å². The number of nitrogens with one attached hydrogen (secondary N) is 1. The van der Waals surface area contributed by atoms with Gasteiger partial charge in [0, 0.05) is 31.9 Å². The van der Waals surface area contributed by atoms with Gasteiger partial charge in [-0.15, -0.1) is 0 Å². The average molecular weight is 282 g/mol. The van der Waals surface area contributed by atoms with Crippen molar-refractivity contribution in [2.75, 3.05) is 6.54 Å². The minimum Gasteiger partial charge on any atom is -0.480 e. The van der Waals surface area contributed by atoms with Crippen molar-refractivity contribution >= 4 is 12.0 Å². The van der Waals surface area contributed by atoms with Crippen LogP contribution in [0, 0.1) is 6.92 Å². The van der Waals surface area contributed by atoms with Crippen LogP contribution in [0.4, 0.5) is 4.79 Å². The Morgan fingerprint density at radius 1 is 1.50 bits per heavy atom. The van der Waals surface area contributed by atoms with Gasteiger partial charge in [0.05, 0.1) is 5.69 Å². The first-order chi connectivity index (χ1) is 9.20. The summed E-state index contributed by atoms with van der Waals surface area (Å²) in [5.74, 6) is -1.04. The number of amides is 2. The fourth-order valence-corrected chi connectivity index (χ4v) is 2.00. The normalized spacial score (nSPS) is 11.2. The van der Waals surface area contributed by atoms with E-state index in [2.05, 4.69) is 10.4 Å². The quantitative estimate of drug-likeness (QED) is 0.847. The van der Waals surface area contributed by atoms with Crippen LogP contribution in [0.15, 0.2) is 6.20 Å². The predicted molar refractivity (Wildman–Crippen MR) is 74.3 cm³/mol. The van der Waals surface area contributed by atoms with Crippen molar-refractivity contribution in [3.05, 3.63) is 17.5 Å². The molecule has 20 heavy (non-hydrogen) atoms. The van der Waals surface area contributed by atoms with Crippen LogP contribution in [0.5, 0.6) is 0 Å². The number of nitrogens with zero attached hydrogens (tertiary/aromatic N) is 3. The highest BCUT2D eigenvalue weighted by atomic mass is 16.4. The lowest BCUT2D eigenvalue weighted by atomic mass is 10.0. The zero-order valence-electron chi connectivity index (χ0n) is 12.6. The van der Waals surface area contributed by atoms with Crippen LogP contribution in [-0.2, 0) is 18.4 Å². The molecule has 0 atom stereocenters. The Morgan fingerprint density at radius 3 is 2.50 bits per heavy atom. The summed E-state index contributed by atoms with van der Waals surface area (Å²) in [6, 6.07) is -0.400. The van der Waals surface area contributed by atoms with E-state index in [-0.39, 0.29) is 0 Å². The number of urea groups is 1. The molecule has 1 aromatic heterocycles. The van der Waals surface area contributed by atoms with Crippen molar-refractivity contribution in [1.82, 2.24) is 20.0 Å². The number of aromatic nitrogens is 2. The molecular formula is C13H22N4O3. The fourth-order valence-electron chi connectivity index (χ4n) is 2.00. The van der Waals surface area contributed by atoms with Gasteiger partial charge in [-0.05, 0) is 27.7 Å². The molecule has 0 spiro atoms. The first-order valence-electron chi connectivity index (χ1n) is 6.48. The van der Waals surface area contributed by atoms with Gasteiger partial charge in [0.15, 0.2) is 0 Å². The minimum absolute atomic E-state index is 0.317. The maximum Gasteiger partial charge on any atom is 0.329 e. The van der Waals surface area contributed by atoms with Gasteiger partial charge in [0.2, 0.25) is 0 Å². The van der Waals surface area contributed by atoms with Crippen molar-refractivity contribution < 1.29 is 14.7 Å². The number of aryl methyl sites for hydroxylation is 2. The van der Waals surface area contributed by atoms with Crippen LogP contribution in [0.3, 0.4) is 0 Å². The number of carbonyl (C=O) groups excluding carboxylic acids is 1. The highest BCUT2D eigenvalue weighted by Crippen LogP contribution is 2.15. The van der Waals surface area contributed by atoms with E-state index in [4.69, 9.17) is 0 Å². The number of carboxylic acids is 1. The lowest BCUT2D eigenvalue weighted by molar-refractivity contribution is -0.147. The summed E-state index contributed by atoms with van der Waals surface area (Å²) < 4.78 is 1.68. The summed E-state index contributed by atoms with van der Waals surface area (Å²) in [5.41, 5.74) is 0.501. The highest BCUT2D eigenvalue weighted by molar-refractivity contribution is 5.85. The maximum atomic E-state index is 12.1. The van der Waals surface area contributed by atoms with Gasteiger partial charge in [-0.3, -0.25) is 4.68 Å². The number of hydrogen-bond donors (Lipinski definition) is 2. The van der Waals surface area contributed by atoms with Gasteiger partial charge in [-0.25, -0.2) is 9.59 Å². The second-order valence-electron chi connectivity index (χ2n) is 5.18. The summed E-state index contributed by atoms with van der Waals surface area (Å²) in [5, 5.41) is 16.1. The Morgan fingerprint density at radius 2 is 2.10 bits per heavy atom. The molecule has 0 fully saturated rings. The van der Waals surface area contributed by atoms with E-state index in [1.807, 2.05) is 20.2 Å². The number of rotatable bonds is 5. The van der Waals surface area contributed by atoms with Gasteiger partial charge >= 0.3 is 12.0 Å². The average Bonchev–Trinajstić information content (AvgIpc) is 2.65. The minimum atomic E-state index is -1.25. The molecule has 0 aliphatic heterocycles. The van der Waals surface area contributed by atoms with E-state index in [9.17, 15) is 14.7 Å². The monoisotopic (exact) mass is 282 g/mol. The summed E-state index contributed by atoms with van der Waals surface area (Å²) in [6.45, 7) is 7.27. The summed E-state index contributed by atoms with van der Waals surface area (Å²) in [4.78, 5) is 24.7. The molecule has 2 N–H and O–H groups in total. The third kappa shape index (κ3) is 3.28. The summed E-state index contributed by atoms with van der Waals surface area (Å²) in [7, 11) is 1.81. The van der Waals surface area contributed by atoms with Crippen molar-refractivity contribution in [2.45, 2.75) is 39.8 Å². The summed E-state index contributed by atoms with van der Waals surface area (Å²) in [6.07, 6.45) is 1.83. The SMILES string of the molecule is CCN(C(=O)NCc1cn(C)nc1C)C(C)(C)C(=O)O. The van der Waals surface area contributed by atoms with Gasteiger partial charge in [-0.2, -0.15) is 5.10 Å². The Hall–Kier alpha value is -2.05. The third-order valence-corrected chi connectivity index (χ3v) is 3.30. The number of aliphatic carboxylic acids is 1. The second kappa shape index (κ2) is 5.94. The molecule has 1 rings (SSSR count). The molecule has 0 radical (unpaired) electrons. The predicted octanol–water partition coefficient (Wildman–Crippen LogP) is 1.12. The molecule has 112 valence electrons. The van der Waals surface area contributed by atoms with Gasteiger partial charge < -0.3 is 15.3 Å². The van der Waals surface area contributed by atoms with Crippen molar-refractivity contribution in [2.24, 2.45) is 7.05 Å². The molecule has 1 heterocycles. The molecule has 0 aliphatic carbocycles. The zero-order chi connectivity index (χ0) is 15.5. The van der Waals surface area contributed by atoms with Crippen LogP contribution in [0.2, 0.25) is 0 Å². The zero-order valence-corrected chi connectivity index (χ0v) is 12.6. The largest absolute Gasteiger partial charge is 0.480 e. The van der Waals surface area contributed by atoms with Crippen LogP contribution in [0.25, 0.3) is 0 Å². The number of hydrogen-bond acceptors (Lipinski definition) is 3.